The Morgan fingerprint density at radius 1 is 1.38 bits per heavy atom. The van der Waals surface area contributed by atoms with Crippen LogP contribution in [0.3, 0.4) is 0 Å². The van der Waals surface area contributed by atoms with Crippen LogP contribution >= 0.6 is 0 Å². The standard InChI is InChI=1S/C17H13N3O3S/c18-10-14(8-12-2-1-6-19-11-12)17(21)20-15-4-3-13-5-7-24(22,23)16(13)9-15/h1-9,11,13,16H,(H,20,21)/b14-8+. The quantitative estimate of drug-likeness (QED) is 0.664. The lowest BCUT2D eigenvalue weighted by molar-refractivity contribution is -0.116. The second kappa shape index (κ2) is 6.26. The van der Waals surface area contributed by atoms with E-state index in [2.05, 4.69) is 10.3 Å². The molecule has 2 atom stereocenters. The number of hydrogen-bond donors (Lipinski definition) is 1. The van der Waals surface area contributed by atoms with Gasteiger partial charge in [0.15, 0.2) is 9.84 Å². The molecule has 0 saturated heterocycles. The summed E-state index contributed by atoms with van der Waals surface area (Å²) in [5.41, 5.74) is 0.896. The highest BCUT2D eigenvalue weighted by atomic mass is 32.2. The summed E-state index contributed by atoms with van der Waals surface area (Å²) in [6.07, 6.45) is 11.0. The summed E-state index contributed by atoms with van der Waals surface area (Å²) in [6.45, 7) is 0. The summed E-state index contributed by atoms with van der Waals surface area (Å²) in [5, 5.41) is 12.2. The largest absolute Gasteiger partial charge is 0.322 e. The Hall–Kier alpha value is -2.98. The van der Waals surface area contributed by atoms with Crippen LogP contribution < -0.4 is 5.32 Å². The topological polar surface area (TPSA) is 99.9 Å². The number of carbonyl (C=O) groups excluding carboxylic acids is 1. The number of nitrogens with zero attached hydrogens (tertiary/aromatic N) is 2. The highest BCUT2D eigenvalue weighted by molar-refractivity contribution is 7.95. The number of amides is 1. The van der Waals surface area contributed by atoms with Gasteiger partial charge in [-0.2, -0.15) is 5.26 Å². The number of carbonyl (C=O) groups is 1. The molecular formula is C17H13N3O3S. The van der Waals surface area contributed by atoms with Gasteiger partial charge in [-0.15, -0.1) is 0 Å². The number of sulfone groups is 1. The fraction of sp³-hybridized carbons (Fsp3) is 0.118. The predicted octanol–water partition coefficient (Wildman–Crippen LogP) is 1.49. The van der Waals surface area contributed by atoms with Crippen molar-refractivity contribution in [2.24, 2.45) is 5.92 Å². The smallest absolute Gasteiger partial charge is 0.266 e. The van der Waals surface area contributed by atoms with E-state index in [0.29, 0.717) is 11.3 Å². The van der Waals surface area contributed by atoms with Crippen LogP contribution in [-0.2, 0) is 14.6 Å². The summed E-state index contributed by atoms with van der Waals surface area (Å²) in [4.78, 5) is 16.2. The van der Waals surface area contributed by atoms with Crippen molar-refractivity contribution in [2.75, 3.05) is 0 Å². The Morgan fingerprint density at radius 3 is 2.92 bits per heavy atom. The minimum Gasteiger partial charge on any atom is -0.322 e. The summed E-state index contributed by atoms with van der Waals surface area (Å²) in [5.74, 6) is -0.809. The fourth-order valence-electron chi connectivity index (χ4n) is 2.50. The van der Waals surface area contributed by atoms with Crippen molar-refractivity contribution >= 4 is 21.8 Å². The van der Waals surface area contributed by atoms with Crippen LogP contribution in [0.15, 0.2) is 65.5 Å². The van der Waals surface area contributed by atoms with Gasteiger partial charge in [0.2, 0.25) is 0 Å². The van der Waals surface area contributed by atoms with Gasteiger partial charge < -0.3 is 5.32 Å². The number of aromatic nitrogens is 1. The third-order valence-corrected chi connectivity index (χ3v) is 5.45. The normalized spacial score (nSPS) is 24.0. The molecule has 2 unspecified atom stereocenters. The number of rotatable bonds is 3. The number of allylic oxidation sites excluding steroid dienone is 3. The molecule has 1 N–H and O–H groups in total. The van der Waals surface area contributed by atoms with Crippen molar-refractivity contribution < 1.29 is 13.2 Å². The van der Waals surface area contributed by atoms with Gasteiger partial charge in [-0.1, -0.05) is 18.2 Å². The van der Waals surface area contributed by atoms with E-state index in [1.807, 2.05) is 6.07 Å². The Morgan fingerprint density at radius 2 is 2.21 bits per heavy atom. The Balaban J connectivity index is 1.79. The molecule has 1 aliphatic heterocycles. The maximum atomic E-state index is 12.2. The first-order chi connectivity index (χ1) is 11.5. The molecule has 0 bridgehead atoms. The van der Waals surface area contributed by atoms with Crippen molar-refractivity contribution in [3.05, 3.63) is 71.1 Å². The highest BCUT2D eigenvalue weighted by Crippen LogP contribution is 2.30. The zero-order chi connectivity index (χ0) is 17.2. The maximum Gasteiger partial charge on any atom is 0.266 e. The molecule has 0 fully saturated rings. The first-order valence-electron chi connectivity index (χ1n) is 7.15. The molecule has 3 rings (SSSR count). The molecular weight excluding hydrogens is 326 g/mol. The van der Waals surface area contributed by atoms with Crippen LogP contribution in [0.2, 0.25) is 0 Å². The number of nitriles is 1. The fourth-order valence-corrected chi connectivity index (χ4v) is 4.04. The van der Waals surface area contributed by atoms with Crippen molar-refractivity contribution in [3.8, 4) is 6.07 Å². The van der Waals surface area contributed by atoms with Crippen LogP contribution in [0.5, 0.6) is 0 Å². The lowest BCUT2D eigenvalue weighted by Crippen LogP contribution is -2.29. The summed E-state index contributed by atoms with van der Waals surface area (Å²) in [6, 6.07) is 5.26. The van der Waals surface area contributed by atoms with Crippen molar-refractivity contribution in [3.63, 3.8) is 0 Å². The van der Waals surface area contributed by atoms with E-state index in [9.17, 15) is 18.5 Å². The van der Waals surface area contributed by atoms with Gasteiger partial charge in [-0.05, 0) is 29.9 Å². The average molecular weight is 339 g/mol. The molecule has 1 amide bonds. The van der Waals surface area contributed by atoms with Gasteiger partial charge in [-0.25, -0.2) is 8.42 Å². The third kappa shape index (κ3) is 3.19. The molecule has 120 valence electrons. The maximum absolute atomic E-state index is 12.2. The highest BCUT2D eigenvalue weighted by Gasteiger charge is 2.34. The number of pyridine rings is 1. The predicted molar refractivity (Wildman–Crippen MR) is 88.5 cm³/mol. The van der Waals surface area contributed by atoms with Crippen molar-refractivity contribution in [1.29, 1.82) is 5.26 Å². The number of nitrogens with one attached hydrogen (secondary N) is 1. The van der Waals surface area contributed by atoms with Crippen molar-refractivity contribution in [2.45, 2.75) is 5.25 Å². The molecule has 2 aliphatic rings. The Labute approximate surface area is 139 Å². The second-order valence-corrected chi connectivity index (χ2v) is 7.35. The lowest BCUT2D eigenvalue weighted by atomic mass is 9.99. The van der Waals surface area contributed by atoms with Gasteiger partial charge >= 0.3 is 0 Å². The molecule has 24 heavy (non-hydrogen) atoms. The van der Waals surface area contributed by atoms with E-state index in [-0.39, 0.29) is 11.5 Å². The van der Waals surface area contributed by atoms with E-state index >= 15 is 0 Å². The molecule has 0 aromatic carbocycles. The van der Waals surface area contributed by atoms with Gasteiger partial charge in [0.1, 0.15) is 11.6 Å². The minimum absolute atomic E-state index is 0.0909. The first-order valence-corrected chi connectivity index (χ1v) is 8.76. The van der Waals surface area contributed by atoms with Gasteiger partial charge in [0, 0.05) is 29.4 Å². The molecule has 1 aromatic rings. The molecule has 2 heterocycles. The van der Waals surface area contributed by atoms with Gasteiger partial charge in [0.05, 0.1) is 5.25 Å². The number of hydrogen-bond acceptors (Lipinski definition) is 5. The lowest BCUT2D eigenvalue weighted by Gasteiger charge is -2.18. The summed E-state index contributed by atoms with van der Waals surface area (Å²) in [7, 11) is -3.34. The van der Waals surface area contributed by atoms with Crippen LogP contribution in [0.4, 0.5) is 0 Å². The van der Waals surface area contributed by atoms with Crippen LogP contribution in [-0.4, -0.2) is 24.6 Å². The monoisotopic (exact) mass is 339 g/mol. The average Bonchev–Trinajstić information content (AvgIpc) is 2.88. The van der Waals surface area contributed by atoms with Crippen LogP contribution in [0.25, 0.3) is 6.08 Å². The zero-order valence-electron chi connectivity index (χ0n) is 12.5. The molecule has 1 aromatic heterocycles. The Bertz CT molecular complexity index is 935. The zero-order valence-corrected chi connectivity index (χ0v) is 13.3. The van der Waals surface area contributed by atoms with Crippen molar-refractivity contribution in [1.82, 2.24) is 10.3 Å². The SMILES string of the molecule is N#C/C(=C\c1cccnc1)C(=O)NC1=CC2C(C=C1)C=CS2(=O)=O. The first kappa shape index (κ1) is 15.9. The molecule has 6 nitrogen and oxygen atoms in total. The van der Waals surface area contributed by atoms with Gasteiger partial charge in [-0.3, -0.25) is 9.78 Å². The Kier molecular flexibility index (Phi) is 4.15. The summed E-state index contributed by atoms with van der Waals surface area (Å²) < 4.78 is 23.8. The third-order valence-electron chi connectivity index (χ3n) is 3.71. The second-order valence-electron chi connectivity index (χ2n) is 5.35. The van der Waals surface area contributed by atoms with E-state index in [0.717, 1.165) is 0 Å². The molecule has 7 heteroatoms. The molecule has 1 aliphatic carbocycles. The number of fused-ring (bicyclic) bond motifs is 1. The molecule has 0 saturated carbocycles. The molecule has 0 spiro atoms. The van der Waals surface area contributed by atoms with Crippen LogP contribution in [0, 0.1) is 17.2 Å². The van der Waals surface area contributed by atoms with Gasteiger partial charge in [0.25, 0.3) is 5.91 Å². The molecule has 0 radical (unpaired) electrons. The van der Waals surface area contributed by atoms with Crippen LogP contribution in [0.1, 0.15) is 5.56 Å². The summed E-state index contributed by atoms with van der Waals surface area (Å²) >= 11 is 0. The van der Waals surface area contributed by atoms with E-state index in [4.69, 9.17) is 0 Å². The minimum atomic E-state index is -3.34. The van der Waals surface area contributed by atoms with E-state index in [1.165, 1.54) is 23.8 Å². The van der Waals surface area contributed by atoms with E-state index in [1.54, 1.807) is 36.6 Å². The van der Waals surface area contributed by atoms with E-state index < -0.39 is 21.0 Å².